The van der Waals surface area contributed by atoms with E-state index in [9.17, 15) is 9.59 Å². The summed E-state index contributed by atoms with van der Waals surface area (Å²) < 4.78 is 10.6. The minimum atomic E-state index is -0.460. The second kappa shape index (κ2) is 10.1. The number of methoxy groups -OCH3 is 2. The third-order valence-electron chi connectivity index (χ3n) is 4.17. The lowest BCUT2D eigenvalue weighted by Gasteiger charge is -2.31. The highest BCUT2D eigenvalue weighted by Gasteiger charge is 2.27. The van der Waals surface area contributed by atoms with Crippen molar-refractivity contribution in [2.24, 2.45) is 5.73 Å². The van der Waals surface area contributed by atoms with Crippen LogP contribution in [0.15, 0.2) is 12.1 Å². The molecule has 0 unspecified atom stereocenters. The van der Waals surface area contributed by atoms with Gasteiger partial charge in [-0.15, -0.1) is 12.4 Å². The first kappa shape index (κ1) is 23.0. The third kappa shape index (κ3) is 5.51. The third-order valence-corrected chi connectivity index (χ3v) is 4.17. The number of anilines is 1. The second-order valence-corrected chi connectivity index (χ2v) is 5.59. The zero-order valence-corrected chi connectivity index (χ0v) is 16.2. The van der Waals surface area contributed by atoms with Crippen molar-refractivity contribution in [3.05, 3.63) is 17.7 Å². The zero-order valence-electron chi connectivity index (χ0n) is 15.4. The van der Waals surface area contributed by atoms with Crippen LogP contribution in [0.5, 0.6) is 11.5 Å². The molecule has 0 aliphatic rings. The summed E-state index contributed by atoms with van der Waals surface area (Å²) in [5.74, 6) is 0.170. The van der Waals surface area contributed by atoms with Gasteiger partial charge in [-0.2, -0.15) is 0 Å². The monoisotopic (exact) mass is 373 g/mol. The van der Waals surface area contributed by atoms with Crippen LogP contribution in [0, 0.1) is 0 Å². The average molecular weight is 374 g/mol. The topological polar surface area (TPSA) is 103 Å². The molecule has 0 saturated heterocycles. The lowest BCUT2D eigenvalue weighted by molar-refractivity contribution is -0.114. The van der Waals surface area contributed by atoms with Crippen molar-refractivity contribution in [3.8, 4) is 11.5 Å². The number of nitrogens with one attached hydrogen (secondary N) is 2. The Morgan fingerprint density at radius 1 is 1.16 bits per heavy atom. The summed E-state index contributed by atoms with van der Waals surface area (Å²) in [6.45, 7) is 5.69. The maximum Gasteiger partial charge on any atom is 0.251 e. The molecule has 0 aliphatic carbocycles. The van der Waals surface area contributed by atoms with Crippen molar-refractivity contribution >= 4 is 29.9 Å². The van der Waals surface area contributed by atoms with Gasteiger partial charge in [0, 0.05) is 19.0 Å². The molecule has 2 amide bonds. The van der Waals surface area contributed by atoms with E-state index in [4.69, 9.17) is 15.2 Å². The van der Waals surface area contributed by atoms with E-state index >= 15 is 0 Å². The van der Waals surface area contributed by atoms with Gasteiger partial charge in [0.25, 0.3) is 5.91 Å². The van der Waals surface area contributed by atoms with E-state index in [2.05, 4.69) is 10.6 Å². The highest BCUT2D eigenvalue weighted by molar-refractivity contribution is 5.99. The molecule has 1 aromatic carbocycles. The Hall–Kier alpha value is -1.99. The van der Waals surface area contributed by atoms with Crippen molar-refractivity contribution in [2.45, 2.75) is 39.2 Å². The number of carbonyl (C=O) groups is 2. The van der Waals surface area contributed by atoms with Crippen LogP contribution >= 0.6 is 12.4 Å². The number of amides is 2. The van der Waals surface area contributed by atoms with Crippen LogP contribution in [0.2, 0.25) is 0 Å². The smallest absolute Gasteiger partial charge is 0.251 e. The largest absolute Gasteiger partial charge is 0.493 e. The minimum absolute atomic E-state index is 0. The summed E-state index contributed by atoms with van der Waals surface area (Å²) >= 11 is 0. The lowest BCUT2D eigenvalue weighted by atomic mass is 9.92. The van der Waals surface area contributed by atoms with E-state index in [1.807, 2.05) is 13.8 Å². The Morgan fingerprint density at radius 2 is 1.76 bits per heavy atom. The summed E-state index contributed by atoms with van der Waals surface area (Å²) in [5.41, 5.74) is 6.11. The molecule has 0 aromatic heterocycles. The van der Waals surface area contributed by atoms with Gasteiger partial charge in [0.2, 0.25) is 5.91 Å². The molecule has 1 rings (SSSR count). The van der Waals surface area contributed by atoms with E-state index in [1.165, 1.54) is 21.1 Å². The molecule has 0 fully saturated rings. The summed E-state index contributed by atoms with van der Waals surface area (Å²) in [4.78, 5) is 24.1. The van der Waals surface area contributed by atoms with Crippen LogP contribution in [-0.2, 0) is 4.79 Å². The van der Waals surface area contributed by atoms with Crippen LogP contribution in [0.25, 0.3) is 0 Å². The molecule has 0 atom stereocenters. The first-order chi connectivity index (χ1) is 11.4. The second-order valence-electron chi connectivity index (χ2n) is 5.59. The number of carbonyl (C=O) groups excluding carboxylic acids is 2. The predicted octanol–water partition coefficient (Wildman–Crippen LogP) is 2.33. The van der Waals surface area contributed by atoms with Crippen molar-refractivity contribution < 1.29 is 19.1 Å². The highest BCUT2D eigenvalue weighted by atomic mass is 35.5. The van der Waals surface area contributed by atoms with E-state index in [0.29, 0.717) is 29.3 Å². The van der Waals surface area contributed by atoms with Crippen LogP contribution < -0.4 is 25.8 Å². The Balaban J connectivity index is 0.00000576. The summed E-state index contributed by atoms with van der Waals surface area (Å²) in [6.07, 6.45) is 1.44. The minimum Gasteiger partial charge on any atom is -0.493 e. The first-order valence-electron chi connectivity index (χ1n) is 7.92. The van der Waals surface area contributed by atoms with Crippen LogP contribution in [0.3, 0.4) is 0 Å². The normalized spacial score (nSPS) is 10.5. The Kier molecular flexibility index (Phi) is 9.30. The van der Waals surface area contributed by atoms with Gasteiger partial charge in [-0.3, -0.25) is 9.59 Å². The molecule has 0 aliphatic heterocycles. The number of hydrogen-bond donors (Lipinski definition) is 3. The first-order valence-corrected chi connectivity index (χ1v) is 7.92. The molecule has 0 heterocycles. The molecule has 7 nitrogen and oxygen atoms in total. The molecular formula is C17H28ClN3O4. The van der Waals surface area contributed by atoms with Gasteiger partial charge < -0.3 is 25.8 Å². The number of hydrogen-bond acceptors (Lipinski definition) is 5. The van der Waals surface area contributed by atoms with Crippen LogP contribution in [-0.4, -0.2) is 38.1 Å². The number of benzene rings is 1. The fraction of sp³-hybridized carbons (Fsp3) is 0.529. The van der Waals surface area contributed by atoms with Gasteiger partial charge in [0.1, 0.15) is 0 Å². The van der Waals surface area contributed by atoms with Crippen LogP contribution in [0.4, 0.5) is 5.69 Å². The van der Waals surface area contributed by atoms with E-state index in [-0.39, 0.29) is 24.2 Å². The number of halogens is 1. The van der Waals surface area contributed by atoms with Crippen molar-refractivity contribution in [2.75, 3.05) is 26.1 Å². The van der Waals surface area contributed by atoms with Gasteiger partial charge in [0.05, 0.1) is 25.4 Å². The summed E-state index contributed by atoms with van der Waals surface area (Å²) in [6, 6.07) is 3.14. The standard InChI is InChI=1S/C17H27N3O4.ClH/c1-6-17(7-2,10-18)20-16(22)12-8-13(19-11(3)21)15(24-5)14(9-12)23-4;/h8-9H,6-7,10,18H2,1-5H3,(H,19,21)(H,20,22);1H. The molecular weight excluding hydrogens is 346 g/mol. The van der Waals surface area contributed by atoms with E-state index in [0.717, 1.165) is 12.8 Å². The summed E-state index contributed by atoms with van der Waals surface area (Å²) in [5, 5.41) is 5.64. The molecule has 0 radical (unpaired) electrons. The molecule has 0 saturated carbocycles. The van der Waals surface area contributed by atoms with Crippen molar-refractivity contribution in [1.82, 2.24) is 5.32 Å². The fourth-order valence-corrected chi connectivity index (χ4v) is 2.46. The van der Waals surface area contributed by atoms with Gasteiger partial charge >= 0.3 is 0 Å². The maximum atomic E-state index is 12.7. The molecule has 0 spiro atoms. The van der Waals surface area contributed by atoms with Gasteiger partial charge in [-0.1, -0.05) is 13.8 Å². The Labute approximate surface area is 155 Å². The molecule has 142 valence electrons. The average Bonchev–Trinajstić information content (AvgIpc) is 2.58. The molecule has 0 bridgehead atoms. The Morgan fingerprint density at radius 3 is 2.16 bits per heavy atom. The molecule has 8 heteroatoms. The van der Waals surface area contributed by atoms with Crippen LogP contribution in [0.1, 0.15) is 44.0 Å². The van der Waals surface area contributed by atoms with Crippen molar-refractivity contribution in [1.29, 1.82) is 0 Å². The molecule has 4 N–H and O–H groups in total. The summed E-state index contributed by atoms with van der Waals surface area (Å²) in [7, 11) is 2.94. The number of rotatable bonds is 8. The molecule has 1 aromatic rings. The lowest BCUT2D eigenvalue weighted by Crippen LogP contribution is -2.52. The highest BCUT2D eigenvalue weighted by Crippen LogP contribution is 2.36. The SMILES string of the molecule is CCC(CC)(CN)NC(=O)c1cc(NC(C)=O)c(OC)c(OC)c1.Cl. The van der Waals surface area contributed by atoms with Crippen molar-refractivity contribution in [3.63, 3.8) is 0 Å². The zero-order chi connectivity index (χ0) is 18.3. The number of ether oxygens (including phenoxy) is 2. The quantitative estimate of drug-likeness (QED) is 0.649. The maximum absolute atomic E-state index is 12.7. The van der Waals surface area contributed by atoms with Gasteiger partial charge in [-0.25, -0.2) is 0 Å². The Bertz CT molecular complexity index is 596. The fourth-order valence-electron chi connectivity index (χ4n) is 2.46. The predicted molar refractivity (Wildman–Crippen MR) is 101 cm³/mol. The van der Waals surface area contributed by atoms with E-state index in [1.54, 1.807) is 12.1 Å². The van der Waals surface area contributed by atoms with Gasteiger partial charge in [-0.05, 0) is 25.0 Å². The van der Waals surface area contributed by atoms with Gasteiger partial charge in [0.15, 0.2) is 11.5 Å². The molecule has 25 heavy (non-hydrogen) atoms. The van der Waals surface area contributed by atoms with E-state index < -0.39 is 5.54 Å². The number of nitrogens with two attached hydrogens (primary N) is 1.